The minimum absolute atomic E-state index is 0.0594. The zero-order valence-corrected chi connectivity index (χ0v) is 9.80. The van der Waals surface area contributed by atoms with E-state index in [9.17, 15) is 4.79 Å². The van der Waals surface area contributed by atoms with E-state index in [1.54, 1.807) is 6.92 Å². The van der Waals surface area contributed by atoms with E-state index in [1.165, 1.54) is 0 Å². The SMILES string of the molecule is C=C(C)C(=O)OC(CCC)CC(C)C. The second-order valence-electron chi connectivity index (χ2n) is 4.23. The number of carbonyl (C=O) groups is 1. The van der Waals surface area contributed by atoms with Gasteiger partial charge in [0, 0.05) is 5.57 Å². The molecule has 0 heterocycles. The highest BCUT2D eigenvalue weighted by atomic mass is 16.5. The Hall–Kier alpha value is -0.790. The van der Waals surface area contributed by atoms with E-state index in [-0.39, 0.29) is 12.1 Å². The van der Waals surface area contributed by atoms with Gasteiger partial charge in [-0.2, -0.15) is 0 Å². The maximum atomic E-state index is 11.3. The molecule has 0 aromatic heterocycles. The molecule has 0 aliphatic heterocycles. The third kappa shape index (κ3) is 5.79. The molecule has 0 aliphatic rings. The van der Waals surface area contributed by atoms with Crippen molar-refractivity contribution in [2.45, 2.75) is 53.1 Å². The van der Waals surface area contributed by atoms with Gasteiger partial charge in [-0.25, -0.2) is 4.79 Å². The molecule has 0 aromatic carbocycles. The van der Waals surface area contributed by atoms with Gasteiger partial charge in [0.1, 0.15) is 6.10 Å². The van der Waals surface area contributed by atoms with Crippen molar-refractivity contribution in [3.63, 3.8) is 0 Å². The lowest BCUT2D eigenvalue weighted by atomic mass is 10.0. The van der Waals surface area contributed by atoms with E-state index in [1.807, 2.05) is 0 Å². The van der Waals surface area contributed by atoms with Gasteiger partial charge in [-0.15, -0.1) is 0 Å². The summed E-state index contributed by atoms with van der Waals surface area (Å²) in [6.07, 6.45) is 2.98. The lowest BCUT2D eigenvalue weighted by Gasteiger charge is -2.19. The van der Waals surface area contributed by atoms with E-state index >= 15 is 0 Å². The van der Waals surface area contributed by atoms with Crippen LogP contribution in [0.2, 0.25) is 0 Å². The van der Waals surface area contributed by atoms with Crippen LogP contribution in [0.3, 0.4) is 0 Å². The van der Waals surface area contributed by atoms with Gasteiger partial charge in [0.2, 0.25) is 0 Å². The quantitative estimate of drug-likeness (QED) is 0.483. The van der Waals surface area contributed by atoms with E-state index < -0.39 is 0 Å². The molecule has 1 unspecified atom stereocenters. The Balaban J connectivity index is 4.08. The molecule has 14 heavy (non-hydrogen) atoms. The molecule has 0 fully saturated rings. The van der Waals surface area contributed by atoms with Gasteiger partial charge in [-0.1, -0.05) is 33.8 Å². The fourth-order valence-corrected chi connectivity index (χ4v) is 1.32. The number of hydrogen-bond acceptors (Lipinski definition) is 2. The first-order chi connectivity index (χ1) is 6.47. The Labute approximate surface area is 87.3 Å². The van der Waals surface area contributed by atoms with Crippen LogP contribution in [0.5, 0.6) is 0 Å². The van der Waals surface area contributed by atoms with Gasteiger partial charge in [-0.3, -0.25) is 0 Å². The first kappa shape index (κ1) is 13.2. The smallest absolute Gasteiger partial charge is 0.333 e. The molecule has 82 valence electrons. The fraction of sp³-hybridized carbons (Fsp3) is 0.750. The van der Waals surface area contributed by atoms with Gasteiger partial charge in [0.25, 0.3) is 0 Å². The summed E-state index contributed by atoms with van der Waals surface area (Å²) in [5.41, 5.74) is 0.481. The van der Waals surface area contributed by atoms with Crippen LogP contribution in [-0.2, 0) is 9.53 Å². The lowest BCUT2D eigenvalue weighted by Crippen LogP contribution is -2.20. The van der Waals surface area contributed by atoms with Crippen molar-refractivity contribution in [3.05, 3.63) is 12.2 Å². The topological polar surface area (TPSA) is 26.3 Å². The average Bonchev–Trinajstić information content (AvgIpc) is 2.02. The van der Waals surface area contributed by atoms with Gasteiger partial charge in [-0.05, 0) is 25.7 Å². The predicted molar refractivity (Wildman–Crippen MR) is 59.1 cm³/mol. The summed E-state index contributed by atoms with van der Waals surface area (Å²) in [4.78, 5) is 11.3. The molecule has 0 N–H and O–H groups in total. The number of hydrogen-bond donors (Lipinski definition) is 0. The van der Waals surface area contributed by atoms with Crippen molar-refractivity contribution >= 4 is 5.97 Å². The van der Waals surface area contributed by atoms with E-state index in [0.29, 0.717) is 11.5 Å². The number of carbonyl (C=O) groups excluding carboxylic acids is 1. The Bertz CT molecular complexity index is 194. The molecule has 0 aliphatic carbocycles. The molecule has 2 heteroatoms. The van der Waals surface area contributed by atoms with Crippen LogP contribution in [-0.4, -0.2) is 12.1 Å². The maximum Gasteiger partial charge on any atom is 0.333 e. The van der Waals surface area contributed by atoms with Crippen LogP contribution in [0, 0.1) is 5.92 Å². The van der Waals surface area contributed by atoms with Crippen molar-refractivity contribution in [3.8, 4) is 0 Å². The molecule has 0 amide bonds. The van der Waals surface area contributed by atoms with Crippen molar-refractivity contribution in [1.82, 2.24) is 0 Å². The highest BCUT2D eigenvalue weighted by Crippen LogP contribution is 2.14. The molecular formula is C12H22O2. The summed E-state index contributed by atoms with van der Waals surface area (Å²) in [6, 6.07) is 0. The first-order valence-electron chi connectivity index (χ1n) is 5.33. The number of esters is 1. The summed E-state index contributed by atoms with van der Waals surface area (Å²) >= 11 is 0. The Morgan fingerprint density at radius 3 is 2.36 bits per heavy atom. The van der Waals surface area contributed by atoms with Crippen LogP contribution in [0.4, 0.5) is 0 Å². The van der Waals surface area contributed by atoms with Gasteiger partial charge >= 0.3 is 5.97 Å². The summed E-state index contributed by atoms with van der Waals surface area (Å²) in [5.74, 6) is 0.300. The van der Waals surface area contributed by atoms with Crippen molar-refractivity contribution in [1.29, 1.82) is 0 Å². The van der Waals surface area contributed by atoms with E-state index in [2.05, 4.69) is 27.4 Å². The molecule has 0 bridgehead atoms. The average molecular weight is 198 g/mol. The molecular weight excluding hydrogens is 176 g/mol. The summed E-state index contributed by atoms with van der Waals surface area (Å²) in [5, 5.41) is 0. The first-order valence-corrected chi connectivity index (χ1v) is 5.33. The standard InChI is InChI=1S/C12H22O2/c1-6-7-11(8-9(2)3)14-12(13)10(4)5/h9,11H,4,6-8H2,1-3,5H3. The highest BCUT2D eigenvalue weighted by molar-refractivity contribution is 5.87. The van der Waals surface area contributed by atoms with Gasteiger partial charge in [0.05, 0.1) is 0 Å². The minimum Gasteiger partial charge on any atom is -0.459 e. The predicted octanol–water partition coefficient (Wildman–Crippen LogP) is 3.32. The molecule has 0 rings (SSSR count). The highest BCUT2D eigenvalue weighted by Gasteiger charge is 2.15. The second-order valence-corrected chi connectivity index (χ2v) is 4.23. The van der Waals surface area contributed by atoms with Crippen LogP contribution >= 0.6 is 0 Å². The molecule has 0 aromatic rings. The molecule has 0 spiro atoms. The summed E-state index contributed by atoms with van der Waals surface area (Å²) < 4.78 is 5.32. The number of ether oxygens (including phenoxy) is 1. The zero-order valence-electron chi connectivity index (χ0n) is 9.80. The van der Waals surface area contributed by atoms with Crippen molar-refractivity contribution in [2.24, 2.45) is 5.92 Å². The molecule has 0 radical (unpaired) electrons. The van der Waals surface area contributed by atoms with Crippen LogP contribution in [0.25, 0.3) is 0 Å². The third-order valence-electron chi connectivity index (χ3n) is 1.97. The monoisotopic (exact) mass is 198 g/mol. The molecule has 0 saturated carbocycles. The van der Waals surface area contributed by atoms with E-state index in [4.69, 9.17) is 4.74 Å². The van der Waals surface area contributed by atoms with Crippen molar-refractivity contribution < 1.29 is 9.53 Å². The van der Waals surface area contributed by atoms with E-state index in [0.717, 1.165) is 19.3 Å². The Morgan fingerprint density at radius 1 is 1.43 bits per heavy atom. The third-order valence-corrected chi connectivity index (χ3v) is 1.97. The zero-order chi connectivity index (χ0) is 11.1. The van der Waals surface area contributed by atoms with Crippen molar-refractivity contribution in [2.75, 3.05) is 0 Å². The number of rotatable bonds is 6. The minimum atomic E-state index is -0.260. The van der Waals surface area contributed by atoms with Crippen LogP contribution < -0.4 is 0 Å². The van der Waals surface area contributed by atoms with Gasteiger partial charge in [0.15, 0.2) is 0 Å². The van der Waals surface area contributed by atoms with Gasteiger partial charge < -0.3 is 4.74 Å². The largest absolute Gasteiger partial charge is 0.459 e. The second kappa shape index (κ2) is 6.63. The Kier molecular flexibility index (Phi) is 6.26. The summed E-state index contributed by atoms with van der Waals surface area (Å²) in [7, 11) is 0. The normalized spacial score (nSPS) is 12.6. The maximum absolute atomic E-state index is 11.3. The van der Waals surface area contributed by atoms with Crippen LogP contribution in [0.1, 0.15) is 47.0 Å². The molecule has 0 saturated heterocycles. The molecule has 1 atom stereocenters. The molecule has 2 nitrogen and oxygen atoms in total. The van der Waals surface area contributed by atoms with Crippen LogP contribution in [0.15, 0.2) is 12.2 Å². The lowest BCUT2D eigenvalue weighted by molar-refractivity contribution is -0.145. The Morgan fingerprint density at radius 2 is 2.00 bits per heavy atom. The summed E-state index contributed by atoms with van der Waals surface area (Å²) in [6.45, 7) is 11.6. The fourth-order valence-electron chi connectivity index (χ4n) is 1.32.